The van der Waals surface area contributed by atoms with Gasteiger partial charge in [-0.3, -0.25) is 9.69 Å². The summed E-state index contributed by atoms with van der Waals surface area (Å²) in [4.78, 5) is 14.0. The first-order valence-electron chi connectivity index (χ1n) is 5.96. The lowest BCUT2D eigenvalue weighted by atomic mass is 9.87. The molecule has 0 N–H and O–H groups in total. The van der Waals surface area contributed by atoms with Gasteiger partial charge in [-0.05, 0) is 11.5 Å². The van der Waals surface area contributed by atoms with Crippen LogP contribution in [-0.4, -0.2) is 23.8 Å². The molecule has 2 nitrogen and oxygen atoms in total. The predicted molar refractivity (Wildman–Crippen MR) is 65.1 cm³/mol. The number of ketones is 1. The van der Waals surface area contributed by atoms with Gasteiger partial charge in [0.15, 0.2) is 0 Å². The van der Waals surface area contributed by atoms with Gasteiger partial charge < -0.3 is 0 Å². The van der Waals surface area contributed by atoms with E-state index in [-0.39, 0.29) is 5.92 Å². The smallest absolute Gasteiger partial charge is 0.149 e. The third-order valence-electron chi connectivity index (χ3n) is 3.54. The summed E-state index contributed by atoms with van der Waals surface area (Å²) in [5.41, 5.74) is 1.29. The average Bonchev–Trinajstić information content (AvgIpc) is 2.27. The van der Waals surface area contributed by atoms with Gasteiger partial charge in [-0.25, -0.2) is 0 Å². The Bertz CT molecular complexity index is 360. The van der Waals surface area contributed by atoms with E-state index in [0.717, 1.165) is 13.1 Å². The Hall–Kier alpha value is -1.15. The van der Waals surface area contributed by atoms with Crippen molar-refractivity contribution in [3.63, 3.8) is 0 Å². The van der Waals surface area contributed by atoms with E-state index in [0.29, 0.717) is 18.2 Å². The fourth-order valence-electron chi connectivity index (χ4n) is 2.27. The summed E-state index contributed by atoms with van der Waals surface area (Å²) in [6.45, 7) is 6.75. The van der Waals surface area contributed by atoms with Gasteiger partial charge in [-0.15, -0.1) is 0 Å². The van der Waals surface area contributed by atoms with Crippen LogP contribution >= 0.6 is 0 Å². The number of likely N-dealkylation sites (tertiary alicyclic amines) is 1. The summed E-state index contributed by atoms with van der Waals surface area (Å²) in [5, 5.41) is 0. The topological polar surface area (TPSA) is 20.3 Å². The van der Waals surface area contributed by atoms with Crippen LogP contribution in [0.2, 0.25) is 0 Å². The standard InChI is InChI=1S/C14H19NO/c1-11-8-15(10-14(16)12(11)2)9-13-6-4-3-5-7-13/h3-7,11-12H,8-10H2,1-2H3/t11-,12-/m0/s1. The van der Waals surface area contributed by atoms with Crippen LogP contribution in [-0.2, 0) is 11.3 Å². The number of carbonyl (C=O) groups is 1. The number of Topliss-reactive ketones (excluding diaryl/α,β-unsaturated/α-hetero) is 1. The molecule has 0 unspecified atom stereocenters. The molecule has 0 saturated carbocycles. The number of nitrogens with zero attached hydrogens (tertiary/aromatic N) is 1. The maximum absolute atomic E-state index is 11.8. The highest BCUT2D eigenvalue weighted by atomic mass is 16.1. The summed E-state index contributed by atoms with van der Waals surface area (Å²) in [6, 6.07) is 10.4. The van der Waals surface area contributed by atoms with Gasteiger partial charge in [-0.1, -0.05) is 44.2 Å². The van der Waals surface area contributed by atoms with Crippen LogP contribution < -0.4 is 0 Å². The average molecular weight is 217 g/mol. The van der Waals surface area contributed by atoms with E-state index < -0.39 is 0 Å². The molecule has 2 heteroatoms. The highest BCUT2D eigenvalue weighted by Crippen LogP contribution is 2.21. The fourth-order valence-corrected chi connectivity index (χ4v) is 2.27. The van der Waals surface area contributed by atoms with Crippen molar-refractivity contribution in [2.75, 3.05) is 13.1 Å². The Morgan fingerprint density at radius 2 is 1.94 bits per heavy atom. The van der Waals surface area contributed by atoms with Gasteiger partial charge in [0.05, 0.1) is 6.54 Å². The molecule has 2 rings (SSSR count). The minimum absolute atomic E-state index is 0.229. The van der Waals surface area contributed by atoms with Gasteiger partial charge in [0.25, 0.3) is 0 Å². The van der Waals surface area contributed by atoms with E-state index >= 15 is 0 Å². The summed E-state index contributed by atoms with van der Waals surface area (Å²) < 4.78 is 0. The molecule has 0 bridgehead atoms. The molecule has 0 amide bonds. The van der Waals surface area contributed by atoms with Crippen LogP contribution in [0, 0.1) is 11.8 Å². The highest BCUT2D eigenvalue weighted by Gasteiger charge is 2.29. The van der Waals surface area contributed by atoms with Crippen molar-refractivity contribution in [3.8, 4) is 0 Å². The molecule has 86 valence electrons. The highest BCUT2D eigenvalue weighted by molar-refractivity contribution is 5.83. The first-order valence-corrected chi connectivity index (χ1v) is 5.96. The first kappa shape index (κ1) is 11.3. The summed E-state index contributed by atoms with van der Waals surface area (Å²) >= 11 is 0. The zero-order valence-corrected chi connectivity index (χ0v) is 10.0. The maximum atomic E-state index is 11.8. The summed E-state index contributed by atoms with van der Waals surface area (Å²) in [6.07, 6.45) is 0. The SMILES string of the molecule is C[C@@H]1C(=O)CN(Cc2ccccc2)C[C@@H]1C. The van der Waals surface area contributed by atoms with Crippen LogP contribution in [0.3, 0.4) is 0 Å². The van der Waals surface area contributed by atoms with Crippen LogP contribution in [0.4, 0.5) is 0 Å². The minimum atomic E-state index is 0.229. The van der Waals surface area contributed by atoms with Crippen molar-refractivity contribution < 1.29 is 4.79 Å². The Labute approximate surface area is 97.3 Å². The largest absolute Gasteiger partial charge is 0.298 e. The van der Waals surface area contributed by atoms with Crippen LogP contribution in [0.5, 0.6) is 0 Å². The number of carbonyl (C=O) groups excluding carboxylic acids is 1. The van der Waals surface area contributed by atoms with Gasteiger partial charge in [0, 0.05) is 19.0 Å². The molecule has 1 aromatic carbocycles. The molecule has 1 aliphatic heterocycles. The van der Waals surface area contributed by atoms with E-state index in [9.17, 15) is 4.79 Å². The van der Waals surface area contributed by atoms with E-state index in [1.165, 1.54) is 5.56 Å². The van der Waals surface area contributed by atoms with Crippen molar-refractivity contribution in [1.29, 1.82) is 0 Å². The predicted octanol–water partition coefficient (Wildman–Crippen LogP) is 2.34. The van der Waals surface area contributed by atoms with E-state index in [1.807, 2.05) is 25.1 Å². The van der Waals surface area contributed by atoms with Crippen molar-refractivity contribution in [2.45, 2.75) is 20.4 Å². The fraction of sp³-hybridized carbons (Fsp3) is 0.500. The van der Waals surface area contributed by atoms with Crippen molar-refractivity contribution >= 4 is 5.78 Å². The summed E-state index contributed by atoms with van der Waals surface area (Å²) in [7, 11) is 0. The van der Waals surface area contributed by atoms with E-state index in [1.54, 1.807) is 0 Å². The van der Waals surface area contributed by atoms with E-state index in [2.05, 4.69) is 24.0 Å². The normalized spacial score (nSPS) is 27.0. The molecule has 1 heterocycles. The number of piperidine rings is 1. The van der Waals surface area contributed by atoms with Crippen molar-refractivity contribution in [1.82, 2.24) is 4.90 Å². The quantitative estimate of drug-likeness (QED) is 0.758. The van der Waals surface area contributed by atoms with Crippen LogP contribution in [0.1, 0.15) is 19.4 Å². The molecule has 16 heavy (non-hydrogen) atoms. The number of rotatable bonds is 2. The third-order valence-corrected chi connectivity index (χ3v) is 3.54. The van der Waals surface area contributed by atoms with Crippen LogP contribution in [0.25, 0.3) is 0 Å². The van der Waals surface area contributed by atoms with E-state index in [4.69, 9.17) is 0 Å². The Kier molecular flexibility index (Phi) is 3.39. The lowest BCUT2D eigenvalue weighted by Crippen LogP contribution is -2.44. The molecule has 1 saturated heterocycles. The molecule has 2 atom stereocenters. The van der Waals surface area contributed by atoms with Gasteiger partial charge in [-0.2, -0.15) is 0 Å². The second kappa shape index (κ2) is 4.79. The molecule has 0 aromatic heterocycles. The molecule has 1 aromatic rings. The molecule has 0 aliphatic carbocycles. The zero-order chi connectivity index (χ0) is 11.5. The van der Waals surface area contributed by atoms with Crippen molar-refractivity contribution in [2.24, 2.45) is 11.8 Å². The monoisotopic (exact) mass is 217 g/mol. The zero-order valence-electron chi connectivity index (χ0n) is 10.0. The molecule has 1 fully saturated rings. The first-order chi connectivity index (χ1) is 7.66. The van der Waals surface area contributed by atoms with Crippen LogP contribution in [0.15, 0.2) is 30.3 Å². The molecule has 1 aliphatic rings. The Morgan fingerprint density at radius 1 is 1.25 bits per heavy atom. The second-order valence-corrected chi connectivity index (χ2v) is 4.89. The summed E-state index contributed by atoms with van der Waals surface area (Å²) in [5.74, 6) is 1.09. The lowest BCUT2D eigenvalue weighted by Gasteiger charge is -2.34. The number of hydrogen-bond acceptors (Lipinski definition) is 2. The minimum Gasteiger partial charge on any atom is -0.298 e. The lowest BCUT2D eigenvalue weighted by molar-refractivity contribution is -0.128. The molecular weight excluding hydrogens is 198 g/mol. The molecular formula is C14H19NO. The Morgan fingerprint density at radius 3 is 2.56 bits per heavy atom. The van der Waals surface area contributed by atoms with Gasteiger partial charge in [0.2, 0.25) is 0 Å². The number of benzene rings is 1. The van der Waals surface area contributed by atoms with Gasteiger partial charge >= 0.3 is 0 Å². The number of hydrogen-bond donors (Lipinski definition) is 0. The third kappa shape index (κ3) is 2.50. The molecule has 0 radical (unpaired) electrons. The maximum Gasteiger partial charge on any atom is 0.149 e. The Balaban J connectivity index is 1.99. The second-order valence-electron chi connectivity index (χ2n) is 4.89. The molecule has 0 spiro atoms. The van der Waals surface area contributed by atoms with Crippen molar-refractivity contribution in [3.05, 3.63) is 35.9 Å². The van der Waals surface area contributed by atoms with Gasteiger partial charge in [0.1, 0.15) is 5.78 Å².